The Morgan fingerprint density at radius 1 is 1.23 bits per heavy atom. The van der Waals surface area contributed by atoms with E-state index >= 15 is 0 Å². The number of carbonyl (C=O) groups excluding carboxylic acids is 1. The van der Waals surface area contributed by atoms with Crippen molar-refractivity contribution in [1.82, 2.24) is 19.3 Å². The van der Waals surface area contributed by atoms with E-state index in [1.165, 1.54) is 18.2 Å². The molecule has 0 aliphatic rings. The number of carbonyl (C=O) groups is 1. The molecule has 0 saturated carbocycles. The summed E-state index contributed by atoms with van der Waals surface area (Å²) >= 11 is 4.89. The highest BCUT2D eigenvalue weighted by molar-refractivity contribution is 7.80. The second kappa shape index (κ2) is 10.1. The van der Waals surface area contributed by atoms with Gasteiger partial charge < -0.3 is 19.9 Å². The van der Waals surface area contributed by atoms with Crippen molar-refractivity contribution in [1.29, 1.82) is 0 Å². The maximum absolute atomic E-state index is 14.8. The van der Waals surface area contributed by atoms with Crippen molar-refractivity contribution in [2.75, 3.05) is 13.2 Å². The average molecular weight is 515 g/mol. The summed E-state index contributed by atoms with van der Waals surface area (Å²) in [6, 6.07) is 6.70. The number of para-hydroxylation sites is 2. The molecule has 0 unspecified atom stereocenters. The molecule has 3 rings (SSSR count). The summed E-state index contributed by atoms with van der Waals surface area (Å²) in [7, 11) is 0.824. The van der Waals surface area contributed by atoms with Gasteiger partial charge in [0, 0.05) is 7.05 Å². The number of rotatable bonds is 8. The summed E-state index contributed by atoms with van der Waals surface area (Å²) in [5.74, 6) is -4.76. The number of alkyl halides is 3. The lowest BCUT2D eigenvalue weighted by atomic mass is 10.2. The Balaban J connectivity index is 2.07. The number of benzene rings is 1. The van der Waals surface area contributed by atoms with Crippen LogP contribution in [0.5, 0.6) is 17.4 Å². The van der Waals surface area contributed by atoms with Gasteiger partial charge in [-0.2, -0.15) is 22.8 Å². The third kappa shape index (κ3) is 5.56. The minimum absolute atomic E-state index is 0.0243. The largest absolute Gasteiger partial charge is 0.478 e. The first-order chi connectivity index (χ1) is 16.4. The van der Waals surface area contributed by atoms with E-state index < -0.39 is 47.8 Å². The smallest absolute Gasteiger partial charge is 0.451 e. The van der Waals surface area contributed by atoms with Gasteiger partial charge in [-0.05, 0) is 25.1 Å². The van der Waals surface area contributed by atoms with Crippen LogP contribution in [-0.2, 0) is 22.8 Å². The molecule has 186 valence electrons. The molecule has 3 aromatic rings. The summed E-state index contributed by atoms with van der Waals surface area (Å²) < 4.78 is 70.4. The van der Waals surface area contributed by atoms with Crippen molar-refractivity contribution in [3.63, 3.8) is 0 Å². The number of ether oxygens (including phenoxy) is 3. The van der Waals surface area contributed by atoms with Gasteiger partial charge in [-0.15, -0.1) is 5.10 Å². The quantitative estimate of drug-likeness (QED) is 0.274. The van der Waals surface area contributed by atoms with E-state index in [9.17, 15) is 27.2 Å². The third-order valence-electron chi connectivity index (χ3n) is 4.33. The van der Waals surface area contributed by atoms with Crippen molar-refractivity contribution in [2.45, 2.75) is 13.1 Å². The second-order valence-corrected chi connectivity index (χ2v) is 7.17. The number of thiocarbonyl (C=S) groups is 1. The topological polar surface area (TPSA) is 123 Å². The summed E-state index contributed by atoms with van der Waals surface area (Å²) in [6.07, 6.45) is -4.98. The fourth-order valence-corrected chi connectivity index (χ4v) is 2.93. The van der Waals surface area contributed by atoms with Crippen LogP contribution < -0.4 is 20.9 Å². The zero-order valence-electron chi connectivity index (χ0n) is 18.1. The van der Waals surface area contributed by atoms with Gasteiger partial charge in [0.2, 0.25) is 11.7 Å². The van der Waals surface area contributed by atoms with Crippen molar-refractivity contribution in [3.8, 4) is 23.2 Å². The molecule has 0 fully saturated rings. The lowest BCUT2D eigenvalue weighted by Crippen LogP contribution is -2.25. The first kappa shape index (κ1) is 25.6. The van der Waals surface area contributed by atoms with Crippen LogP contribution in [0.25, 0.3) is 5.82 Å². The minimum Gasteiger partial charge on any atom is -0.478 e. The van der Waals surface area contributed by atoms with Gasteiger partial charge in [-0.1, -0.05) is 24.4 Å². The van der Waals surface area contributed by atoms with Crippen molar-refractivity contribution in [3.05, 3.63) is 58.0 Å². The predicted molar refractivity (Wildman–Crippen MR) is 116 cm³/mol. The molecule has 0 radical (unpaired) electrons. The number of aromatic nitrogens is 4. The Labute approximate surface area is 199 Å². The van der Waals surface area contributed by atoms with E-state index in [1.807, 2.05) is 0 Å². The van der Waals surface area contributed by atoms with Gasteiger partial charge >= 0.3 is 17.8 Å². The highest BCUT2D eigenvalue weighted by atomic mass is 32.1. The minimum atomic E-state index is -4.98. The van der Waals surface area contributed by atoms with Crippen LogP contribution in [0.3, 0.4) is 0 Å². The number of pyridine rings is 1. The van der Waals surface area contributed by atoms with Gasteiger partial charge in [-0.25, -0.2) is 14.0 Å². The predicted octanol–water partition coefficient (Wildman–Crippen LogP) is 2.49. The molecule has 0 saturated heterocycles. The fourth-order valence-electron chi connectivity index (χ4n) is 2.78. The van der Waals surface area contributed by atoms with Crippen LogP contribution in [0.2, 0.25) is 0 Å². The van der Waals surface area contributed by atoms with E-state index in [2.05, 4.69) is 10.1 Å². The number of nitrogens with zero attached hydrogens (tertiary/aromatic N) is 4. The Bertz CT molecular complexity index is 1340. The van der Waals surface area contributed by atoms with E-state index in [4.69, 9.17) is 32.2 Å². The van der Waals surface area contributed by atoms with Gasteiger partial charge in [0.15, 0.2) is 29.7 Å². The molecule has 35 heavy (non-hydrogen) atoms. The van der Waals surface area contributed by atoms with Gasteiger partial charge in [0.1, 0.15) is 4.99 Å². The van der Waals surface area contributed by atoms with Gasteiger partial charge in [0.05, 0.1) is 12.2 Å². The normalized spacial score (nSPS) is 11.3. The molecule has 15 heteroatoms. The highest BCUT2D eigenvalue weighted by Crippen LogP contribution is 2.33. The molecule has 1 aromatic carbocycles. The number of hydrogen-bond donors (Lipinski definition) is 1. The Morgan fingerprint density at radius 2 is 1.89 bits per heavy atom. The molecule has 0 amide bonds. The van der Waals surface area contributed by atoms with Gasteiger partial charge in [-0.3, -0.25) is 4.57 Å². The summed E-state index contributed by atoms with van der Waals surface area (Å²) in [4.78, 5) is 27.4. The standard InChI is InChI=1S/C20H17F4N5O5S/c1-3-32-14(30)9-33-12-6-4-5-7-13(12)34-17-10(15(25)35)8-11(21)16(26-17)29-19(31)28(2)18(27-29)20(22,23)24/h4-8H,3,9H2,1-2H3,(H2,25,35). The molecule has 2 aromatic heterocycles. The van der Waals surface area contributed by atoms with Crippen LogP contribution in [0.4, 0.5) is 17.6 Å². The molecule has 0 aliphatic carbocycles. The molecule has 10 nitrogen and oxygen atoms in total. The monoisotopic (exact) mass is 515 g/mol. The van der Waals surface area contributed by atoms with Crippen molar-refractivity contribution >= 4 is 23.2 Å². The first-order valence-corrected chi connectivity index (χ1v) is 10.1. The average Bonchev–Trinajstić information content (AvgIpc) is 3.09. The van der Waals surface area contributed by atoms with Crippen LogP contribution in [0, 0.1) is 5.82 Å². The molecule has 0 atom stereocenters. The van der Waals surface area contributed by atoms with Crippen LogP contribution in [0.1, 0.15) is 18.3 Å². The zero-order valence-corrected chi connectivity index (χ0v) is 18.9. The van der Waals surface area contributed by atoms with E-state index in [-0.39, 0.29) is 37.9 Å². The SMILES string of the molecule is CCOC(=O)COc1ccccc1Oc1nc(-n2nc(C(F)(F)F)n(C)c2=O)c(F)cc1C(N)=S. The first-order valence-electron chi connectivity index (χ1n) is 9.73. The maximum atomic E-state index is 14.8. The van der Waals surface area contributed by atoms with E-state index in [1.54, 1.807) is 13.0 Å². The van der Waals surface area contributed by atoms with Crippen molar-refractivity contribution < 1.29 is 36.6 Å². The molecule has 0 aliphatic heterocycles. The van der Waals surface area contributed by atoms with E-state index in [0.717, 1.165) is 13.1 Å². The summed E-state index contributed by atoms with van der Waals surface area (Å²) in [5, 5.41) is 3.16. The van der Waals surface area contributed by atoms with Crippen molar-refractivity contribution in [2.24, 2.45) is 12.8 Å². The molecular weight excluding hydrogens is 498 g/mol. The van der Waals surface area contributed by atoms with Gasteiger partial charge in [0.25, 0.3) is 0 Å². The summed E-state index contributed by atoms with van der Waals surface area (Å²) in [6.45, 7) is 1.31. The molecule has 2 N–H and O–H groups in total. The molecule has 0 spiro atoms. The fraction of sp³-hybridized carbons (Fsp3) is 0.250. The molecular formula is C20H17F4N5O5S. The van der Waals surface area contributed by atoms with Crippen LogP contribution >= 0.6 is 12.2 Å². The summed E-state index contributed by atoms with van der Waals surface area (Å²) in [5.41, 5.74) is 4.10. The lowest BCUT2D eigenvalue weighted by molar-refractivity contribution is -0.147. The Kier molecular flexibility index (Phi) is 7.38. The highest BCUT2D eigenvalue weighted by Gasteiger charge is 2.38. The maximum Gasteiger partial charge on any atom is 0.451 e. The lowest BCUT2D eigenvalue weighted by Gasteiger charge is -2.14. The second-order valence-electron chi connectivity index (χ2n) is 6.73. The van der Waals surface area contributed by atoms with Crippen LogP contribution in [0.15, 0.2) is 35.1 Å². The number of nitrogens with two attached hydrogens (primary N) is 1. The third-order valence-corrected chi connectivity index (χ3v) is 4.55. The Hall–Kier alpha value is -4.01. The number of hydrogen-bond acceptors (Lipinski definition) is 8. The number of esters is 1. The Morgan fingerprint density at radius 3 is 2.46 bits per heavy atom. The zero-order chi connectivity index (χ0) is 25.9. The van der Waals surface area contributed by atoms with Crippen LogP contribution in [-0.4, -0.2) is 43.5 Å². The molecule has 2 heterocycles. The van der Waals surface area contributed by atoms with E-state index in [0.29, 0.717) is 0 Å². The number of halogens is 4. The molecule has 0 bridgehead atoms.